The van der Waals surface area contributed by atoms with Crippen molar-refractivity contribution in [3.05, 3.63) is 35.4 Å². The largest absolute Gasteiger partial charge is 0.273 e. The summed E-state index contributed by atoms with van der Waals surface area (Å²) in [5.41, 5.74) is 2.46. The van der Waals surface area contributed by atoms with Crippen molar-refractivity contribution in [1.29, 1.82) is 0 Å². The molecule has 1 aliphatic rings. The first-order valence-corrected chi connectivity index (χ1v) is 5.20. The van der Waals surface area contributed by atoms with Gasteiger partial charge in [-0.05, 0) is 24.5 Å². The van der Waals surface area contributed by atoms with E-state index < -0.39 is 0 Å². The zero-order valence-corrected chi connectivity index (χ0v) is 9.06. The zero-order valence-electron chi connectivity index (χ0n) is 9.06. The van der Waals surface area contributed by atoms with Gasteiger partial charge in [-0.3, -0.25) is 9.63 Å². The van der Waals surface area contributed by atoms with Crippen LogP contribution in [0.4, 0.5) is 0 Å². The predicted molar refractivity (Wildman–Crippen MR) is 57.0 cm³/mol. The molecule has 80 valence electrons. The number of nitrogens with zero attached hydrogens (tertiary/aromatic N) is 1. The van der Waals surface area contributed by atoms with Crippen molar-refractivity contribution in [2.45, 2.75) is 26.3 Å². The molecular formula is C12H15NO2. The van der Waals surface area contributed by atoms with E-state index in [4.69, 9.17) is 4.84 Å². The second-order valence-electron chi connectivity index (χ2n) is 3.80. The van der Waals surface area contributed by atoms with Crippen LogP contribution in [0.3, 0.4) is 0 Å². The van der Waals surface area contributed by atoms with Crippen LogP contribution in [0, 0.1) is 0 Å². The summed E-state index contributed by atoms with van der Waals surface area (Å²) in [6.07, 6.45) is 0.865. The van der Waals surface area contributed by atoms with Gasteiger partial charge in [0.1, 0.15) is 0 Å². The molecule has 1 atom stereocenters. The van der Waals surface area contributed by atoms with Gasteiger partial charge >= 0.3 is 0 Å². The molecule has 0 saturated heterocycles. The highest BCUT2D eigenvalue weighted by molar-refractivity contribution is 5.72. The Balaban J connectivity index is 2.38. The smallest absolute Gasteiger partial charge is 0.243 e. The lowest BCUT2D eigenvalue weighted by molar-refractivity contribution is -0.195. The first-order chi connectivity index (χ1) is 7.20. The number of hydrogen-bond donors (Lipinski definition) is 0. The summed E-state index contributed by atoms with van der Waals surface area (Å²) in [7, 11) is 0. The van der Waals surface area contributed by atoms with Crippen molar-refractivity contribution >= 4 is 5.91 Å². The first kappa shape index (κ1) is 10.2. The molecule has 2 rings (SSSR count). The van der Waals surface area contributed by atoms with Crippen LogP contribution in [-0.2, 0) is 16.1 Å². The highest BCUT2D eigenvalue weighted by atomic mass is 16.7. The third-order valence-electron chi connectivity index (χ3n) is 2.77. The van der Waals surface area contributed by atoms with Gasteiger partial charge in [-0.2, -0.15) is 0 Å². The van der Waals surface area contributed by atoms with Gasteiger partial charge in [0.05, 0.1) is 12.6 Å². The average Bonchev–Trinajstić information content (AvgIpc) is 2.39. The lowest BCUT2D eigenvalue weighted by Gasteiger charge is -2.25. The highest BCUT2D eigenvalue weighted by Crippen LogP contribution is 2.27. The van der Waals surface area contributed by atoms with Crippen LogP contribution >= 0.6 is 0 Å². The maximum atomic E-state index is 11.4. The number of carbonyl (C=O) groups is 1. The molecule has 1 amide bonds. The van der Waals surface area contributed by atoms with Crippen molar-refractivity contribution in [1.82, 2.24) is 5.06 Å². The Morgan fingerprint density at radius 1 is 1.47 bits per heavy atom. The minimum atomic E-state index is -0.0424. The van der Waals surface area contributed by atoms with Crippen LogP contribution in [0.2, 0.25) is 0 Å². The van der Waals surface area contributed by atoms with Crippen molar-refractivity contribution in [2.75, 3.05) is 6.61 Å². The minimum absolute atomic E-state index is 0.00111. The standard InChI is InChI=1S/C12H15NO2/c1-9-12-6-4-3-5-11(12)7-8-15-13(9)10(2)14/h3-6,9H,7-8H2,1-2H3. The number of rotatable bonds is 0. The maximum absolute atomic E-state index is 11.4. The van der Waals surface area contributed by atoms with E-state index in [9.17, 15) is 4.79 Å². The Morgan fingerprint density at radius 2 is 2.20 bits per heavy atom. The fourth-order valence-corrected chi connectivity index (χ4v) is 2.03. The second-order valence-corrected chi connectivity index (χ2v) is 3.80. The van der Waals surface area contributed by atoms with E-state index >= 15 is 0 Å². The molecule has 0 aliphatic carbocycles. The van der Waals surface area contributed by atoms with Gasteiger partial charge in [-0.25, -0.2) is 5.06 Å². The normalized spacial score (nSPS) is 20.7. The van der Waals surface area contributed by atoms with Crippen LogP contribution in [0.15, 0.2) is 24.3 Å². The molecule has 3 nitrogen and oxygen atoms in total. The van der Waals surface area contributed by atoms with E-state index in [-0.39, 0.29) is 11.9 Å². The van der Waals surface area contributed by atoms with Crippen molar-refractivity contribution < 1.29 is 9.63 Å². The lowest BCUT2D eigenvalue weighted by atomic mass is 10.00. The first-order valence-electron chi connectivity index (χ1n) is 5.20. The molecule has 1 aromatic rings. The van der Waals surface area contributed by atoms with E-state index in [0.717, 1.165) is 6.42 Å². The van der Waals surface area contributed by atoms with Gasteiger partial charge < -0.3 is 0 Å². The molecule has 1 unspecified atom stereocenters. The van der Waals surface area contributed by atoms with Crippen molar-refractivity contribution in [2.24, 2.45) is 0 Å². The summed E-state index contributed by atoms with van der Waals surface area (Å²) >= 11 is 0. The molecule has 0 bridgehead atoms. The van der Waals surface area contributed by atoms with E-state index in [1.807, 2.05) is 19.1 Å². The summed E-state index contributed by atoms with van der Waals surface area (Å²) in [5.74, 6) is -0.0424. The Kier molecular flexibility index (Phi) is 2.73. The SMILES string of the molecule is CC(=O)N1OCCc2ccccc2C1C. The Bertz CT molecular complexity index is 376. The fraction of sp³-hybridized carbons (Fsp3) is 0.417. The van der Waals surface area contributed by atoms with E-state index in [1.165, 1.54) is 23.1 Å². The number of fused-ring (bicyclic) bond motifs is 1. The Labute approximate surface area is 89.6 Å². The van der Waals surface area contributed by atoms with Crippen molar-refractivity contribution in [3.8, 4) is 0 Å². The molecule has 0 aromatic heterocycles. The number of hydroxylamine groups is 2. The second kappa shape index (κ2) is 4.03. The molecular weight excluding hydrogens is 190 g/mol. The monoisotopic (exact) mass is 205 g/mol. The number of hydrogen-bond acceptors (Lipinski definition) is 2. The van der Waals surface area contributed by atoms with Crippen molar-refractivity contribution in [3.63, 3.8) is 0 Å². The van der Waals surface area contributed by atoms with E-state index in [2.05, 4.69) is 12.1 Å². The minimum Gasteiger partial charge on any atom is -0.273 e. The van der Waals surface area contributed by atoms with E-state index in [0.29, 0.717) is 6.61 Å². The average molecular weight is 205 g/mol. The van der Waals surface area contributed by atoms with Gasteiger partial charge in [-0.15, -0.1) is 0 Å². The molecule has 0 N–H and O–H groups in total. The zero-order chi connectivity index (χ0) is 10.8. The molecule has 0 radical (unpaired) electrons. The van der Waals surface area contributed by atoms with Gasteiger partial charge in [0.25, 0.3) is 0 Å². The van der Waals surface area contributed by atoms with Gasteiger partial charge in [0, 0.05) is 6.92 Å². The Hall–Kier alpha value is -1.35. The fourth-order valence-electron chi connectivity index (χ4n) is 2.03. The van der Waals surface area contributed by atoms with Crippen LogP contribution < -0.4 is 0 Å². The molecule has 15 heavy (non-hydrogen) atoms. The lowest BCUT2D eigenvalue weighted by Crippen LogP contribution is -2.30. The topological polar surface area (TPSA) is 29.5 Å². The highest BCUT2D eigenvalue weighted by Gasteiger charge is 2.24. The Morgan fingerprint density at radius 3 is 2.93 bits per heavy atom. The molecule has 1 aromatic carbocycles. The summed E-state index contributed by atoms with van der Waals surface area (Å²) < 4.78 is 0. The van der Waals surface area contributed by atoms with Gasteiger partial charge in [0.15, 0.2) is 0 Å². The van der Waals surface area contributed by atoms with Crippen LogP contribution in [0.1, 0.15) is 31.0 Å². The molecule has 1 aliphatic heterocycles. The molecule has 0 saturated carbocycles. The summed E-state index contributed by atoms with van der Waals surface area (Å²) in [5, 5.41) is 1.46. The number of carbonyl (C=O) groups excluding carboxylic acids is 1. The van der Waals surface area contributed by atoms with Crippen LogP contribution in [0.25, 0.3) is 0 Å². The summed E-state index contributed by atoms with van der Waals surface area (Å²) in [4.78, 5) is 16.8. The quantitative estimate of drug-likeness (QED) is 0.649. The van der Waals surface area contributed by atoms with Gasteiger partial charge in [-0.1, -0.05) is 24.3 Å². The number of amides is 1. The summed E-state index contributed by atoms with van der Waals surface area (Å²) in [6, 6.07) is 8.18. The van der Waals surface area contributed by atoms with Gasteiger partial charge in [0.2, 0.25) is 5.91 Å². The summed E-state index contributed by atoms with van der Waals surface area (Å²) in [6.45, 7) is 4.09. The van der Waals surface area contributed by atoms with Crippen LogP contribution in [0.5, 0.6) is 0 Å². The molecule has 0 spiro atoms. The van der Waals surface area contributed by atoms with E-state index in [1.54, 1.807) is 0 Å². The third kappa shape index (κ3) is 1.88. The number of benzene rings is 1. The molecule has 0 fully saturated rings. The van der Waals surface area contributed by atoms with Crippen LogP contribution in [-0.4, -0.2) is 17.6 Å². The third-order valence-corrected chi connectivity index (χ3v) is 2.77. The predicted octanol–water partition coefficient (Wildman–Crippen LogP) is 2.08. The molecule has 1 heterocycles. The maximum Gasteiger partial charge on any atom is 0.243 e. The molecule has 3 heteroatoms.